The Bertz CT molecular complexity index is 1480. The van der Waals surface area contributed by atoms with E-state index in [-0.39, 0.29) is 29.7 Å². The fourth-order valence-corrected chi connectivity index (χ4v) is 7.24. The van der Waals surface area contributed by atoms with Crippen molar-refractivity contribution in [2.75, 3.05) is 24.6 Å². The molecule has 1 saturated heterocycles. The summed E-state index contributed by atoms with van der Waals surface area (Å²) in [5.74, 6) is 0.169. The van der Waals surface area contributed by atoms with E-state index >= 15 is 0 Å². The molecule has 4 heterocycles. The average Bonchev–Trinajstić information content (AvgIpc) is 3.38. The van der Waals surface area contributed by atoms with Gasteiger partial charge in [0.05, 0.1) is 6.04 Å². The van der Waals surface area contributed by atoms with E-state index in [1.54, 1.807) is 10.9 Å². The van der Waals surface area contributed by atoms with E-state index in [1.165, 1.54) is 0 Å². The van der Waals surface area contributed by atoms with Crippen LogP contribution in [0.3, 0.4) is 0 Å². The van der Waals surface area contributed by atoms with Gasteiger partial charge >= 0.3 is 6.09 Å². The molecule has 0 saturated carbocycles. The van der Waals surface area contributed by atoms with Crippen molar-refractivity contribution in [1.82, 2.24) is 30.0 Å². The van der Waals surface area contributed by atoms with Gasteiger partial charge in [0.25, 0.3) is 6.43 Å². The van der Waals surface area contributed by atoms with Gasteiger partial charge in [0.15, 0.2) is 15.2 Å². The van der Waals surface area contributed by atoms with Crippen molar-refractivity contribution >= 4 is 53.7 Å². The second kappa shape index (κ2) is 12.1. The van der Waals surface area contributed by atoms with Gasteiger partial charge < -0.3 is 19.7 Å². The first-order valence-corrected chi connectivity index (χ1v) is 19.4. The monoisotopic (exact) mass is 727 g/mol. The third-order valence-electron chi connectivity index (χ3n) is 8.04. The quantitative estimate of drug-likeness (QED) is 0.160. The molecule has 1 amide bonds. The van der Waals surface area contributed by atoms with E-state index in [0.29, 0.717) is 53.8 Å². The van der Waals surface area contributed by atoms with E-state index in [9.17, 15) is 13.6 Å². The van der Waals surface area contributed by atoms with Crippen LogP contribution in [0.1, 0.15) is 63.0 Å². The van der Waals surface area contributed by atoms with Gasteiger partial charge in [-0.25, -0.2) is 28.2 Å². The fourth-order valence-electron chi connectivity index (χ4n) is 5.86. The molecule has 1 aliphatic heterocycles. The molecule has 234 valence electrons. The molecule has 1 atom stereocenters. The molecule has 2 aliphatic rings. The summed E-state index contributed by atoms with van der Waals surface area (Å²) in [4.78, 5) is 28.5. The maximum Gasteiger partial charge on any atom is 0.408 e. The van der Waals surface area contributed by atoms with Crippen molar-refractivity contribution < 1.29 is 23.0 Å². The van der Waals surface area contributed by atoms with Crippen molar-refractivity contribution in [1.29, 1.82) is 0 Å². The summed E-state index contributed by atoms with van der Waals surface area (Å²) in [5, 5.41) is 7.61. The van der Waals surface area contributed by atoms with Crippen molar-refractivity contribution in [3.8, 4) is 0 Å². The van der Waals surface area contributed by atoms with E-state index in [0.717, 1.165) is 17.3 Å². The lowest BCUT2D eigenvalue weighted by Gasteiger charge is -2.44. The zero-order valence-electron chi connectivity index (χ0n) is 25.6. The van der Waals surface area contributed by atoms with Crippen molar-refractivity contribution in [2.45, 2.75) is 90.5 Å². The van der Waals surface area contributed by atoms with E-state index < -0.39 is 26.2 Å². The highest BCUT2D eigenvalue weighted by Gasteiger charge is 2.50. The number of carbonyl (C=O) groups excluding carboxylic acids is 1. The minimum Gasteiger partial charge on any atom is -0.444 e. The fraction of sp³-hybridized carbons (Fsp3) is 0.621. The molecule has 43 heavy (non-hydrogen) atoms. The number of hydrogen-bond donors (Lipinski definition) is 1. The number of piperidine rings is 1. The van der Waals surface area contributed by atoms with Crippen LogP contribution in [0.25, 0.3) is 11.2 Å². The number of halogens is 3. The highest BCUT2D eigenvalue weighted by atomic mass is 127. The van der Waals surface area contributed by atoms with Gasteiger partial charge in [-0.15, -0.1) is 0 Å². The number of fused-ring (bicyclic) bond motifs is 2. The highest BCUT2D eigenvalue weighted by Crippen LogP contribution is 2.52. The second-order valence-electron chi connectivity index (χ2n) is 13.7. The molecule has 1 fully saturated rings. The lowest BCUT2D eigenvalue weighted by molar-refractivity contribution is 0.0427. The first-order chi connectivity index (χ1) is 20.2. The van der Waals surface area contributed by atoms with Crippen LogP contribution in [0.4, 0.5) is 19.4 Å². The molecular formula is C29H40F2IN7O3Si. The Morgan fingerprint density at radius 1 is 1.23 bits per heavy atom. The lowest BCUT2D eigenvalue weighted by atomic mass is 9.73. The number of pyridine rings is 1. The summed E-state index contributed by atoms with van der Waals surface area (Å²) < 4.78 is 42.4. The smallest absolute Gasteiger partial charge is 0.408 e. The minimum atomic E-state index is -2.79. The largest absolute Gasteiger partial charge is 0.444 e. The Morgan fingerprint density at radius 2 is 1.95 bits per heavy atom. The predicted octanol–water partition coefficient (Wildman–Crippen LogP) is 6.48. The molecule has 5 rings (SSSR count). The number of nitrogens with zero attached hydrogens (tertiary/aromatic N) is 6. The van der Waals surface area contributed by atoms with E-state index in [1.807, 2.05) is 60.4 Å². The number of nitrogens with one attached hydrogen (secondary N) is 1. The molecule has 14 heteroatoms. The minimum absolute atomic E-state index is 0.169. The summed E-state index contributed by atoms with van der Waals surface area (Å²) in [6.07, 6.45) is 0.449. The van der Waals surface area contributed by atoms with Crippen LogP contribution in [-0.2, 0) is 22.6 Å². The van der Waals surface area contributed by atoms with Crippen LogP contribution < -0.4 is 10.2 Å². The average molecular weight is 728 g/mol. The number of hydrogen-bond acceptors (Lipinski definition) is 8. The molecule has 0 radical (unpaired) electrons. The van der Waals surface area contributed by atoms with Gasteiger partial charge in [-0.3, -0.25) is 4.98 Å². The maximum atomic E-state index is 14.4. The van der Waals surface area contributed by atoms with Crippen LogP contribution in [0.2, 0.25) is 25.7 Å². The first kappa shape index (κ1) is 31.9. The summed E-state index contributed by atoms with van der Waals surface area (Å²) >= 11 is 2.01. The van der Waals surface area contributed by atoms with E-state index in [4.69, 9.17) is 14.5 Å². The topological polar surface area (TPSA) is 107 Å². The Morgan fingerprint density at radius 3 is 2.60 bits per heavy atom. The number of carbonyl (C=O) groups is 1. The molecule has 3 aromatic rings. The van der Waals surface area contributed by atoms with E-state index in [2.05, 4.69) is 40.0 Å². The molecule has 0 unspecified atom stereocenters. The normalized spacial score (nSPS) is 18.5. The Balaban J connectivity index is 1.39. The number of aromatic nitrogens is 5. The summed E-state index contributed by atoms with van der Waals surface area (Å²) in [5.41, 5.74) is 1.39. The van der Waals surface area contributed by atoms with Gasteiger partial charge in [-0.2, -0.15) is 5.10 Å². The number of amides is 1. The van der Waals surface area contributed by atoms with Gasteiger partial charge in [0.1, 0.15) is 23.5 Å². The number of rotatable bonds is 8. The first-order valence-electron chi connectivity index (χ1n) is 14.6. The SMILES string of the molecule is CC(C)(C)OC(=O)N[C@@H]1c2cccnc2CC12CCN(c1nc3c(nc1C(F)F)c(I)nn3COCC[Si](C)(C)C)CC2. The zero-order chi connectivity index (χ0) is 31.2. The Kier molecular flexibility index (Phi) is 9.02. The third kappa shape index (κ3) is 7.11. The highest BCUT2D eigenvalue weighted by molar-refractivity contribution is 14.1. The van der Waals surface area contributed by atoms with Crippen molar-refractivity contribution in [3.63, 3.8) is 0 Å². The lowest BCUT2D eigenvalue weighted by Crippen LogP contribution is -2.48. The van der Waals surface area contributed by atoms with Crippen molar-refractivity contribution in [3.05, 3.63) is 39.0 Å². The molecule has 10 nitrogen and oxygen atoms in total. The van der Waals surface area contributed by atoms with Crippen LogP contribution in [-0.4, -0.2) is 64.2 Å². The molecule has 1 N–H and O–H groups in total. The summed E-state index contributed by atoms with van der Waals surface area (Å²) in [6.45, 7) is 14.1. The molecule has 0 aromatic carbocycles. The Hall–Kier alpha value is -2.46. The number of alkyl halides is 2. The van der Waals surface area contributed by atoms with Crippen LogP contribution in [0.5, 0.6) is 0 Å². The number of alkyl carbamates (subject to hydrolysis) is 1. The summed E-state index contributed by atoms with van der Waals surface area (Å²) in [7, 11) is -1.26. The number of anilines is 1. The van der Waals surface area contributed by atoms with Crippen LogP contribution in [0, 0.1) is 9.12 Å². The summed E-state index contributed by atoms with van der Waals surface area (Å²) in [6, 6.07) is 4.58. The molecule has 3 aromatic heterocycles. The molecule has 1 spiro atoms. The van der Waals surface area contributed by atoms with Crippen LogP contribution in [0.15, 0.2) is 18.3 Å². The second-order valence-corrected chi connectivity index (χ2v) is 20.3. The zero-order valence-corrected chi connectivity index (χ0v) is 28.7. The van der Waals surface area contributed by atoms with Crippen LogP contribution >= 0.6 is 22.6 Å². The number of ether oxygens (including phenoxy) is 2. The predicted molar refractivity (Wildman–Crippen MR) is 171 cm³/mol. The maximum absolute atomic E-state index is 14.4. The van der Waals surface area contributed by atoms with Crippen molar-refractivity contribution in [2.24, 2.45) is 5.41 Å². The molecular weight excluding hydrogens is 687 g/mol. The molecule has 0 bridgehead atoms. The van der Waals surface area contributed by atoms with Gasteiger partial charge in [0, 0.05) is 45.1 Å². The van der Waals surface area contributed by atoms with Gasteiger partial charge in [-0.1, -0.05) is 25.7 Å². The van der Waals surface area contributed by atoms with Gasteiger partial charge in [0.2, 0.25) is 0 Å². The Labute approximate surface area is 265 Å². The van der Waals surface area contributed by atoms with Gasteiger partial charge in [-0.05, 0) is 80.3 Å². The standard InChI is InChI=1S/C29H40F2IN7O3Si/c1-28(2,3)42-27(40)35-22-18-8-7-11-33-19(18)16-29(22)9-12-38(13-10-29)25-20(23(30)31)34-21-24(32)37-39(26(21)36-25)17-41-14-15-43(4,5)6/h7-8,11,22-23H,9-10,12-17H2,1-6H3,(H,35,40)/t22-/m1/s1. The third-order valence-corrected chi connectivity index (χ3v) is 10.5. The molecule has 1 aliphatic carbocycles.